The Labute approximate surface area is 194 Å². The van der Waals surface area contributed by atoms with E-state index in [1.54, 1.807) is 0 Å². The van der Waals surface area contributed by atoms with E-state index in [1.165, 1.54) is 6.33 Å². The lowest BCUT2D eigenvalue weighted by molar-refractivity contribution is 0.209. The number of aromatic nitrogens is 4. The highest BCUT2D eigenvalue weighted by Gasteiger charge is 2.36. The topological polar surface area (TPSA) is 101 Å². The average Bonchev–Trinajstić information content (AvgIpc) is 3.21. The second kappa shape index (κ2) is 8.11. The van der Waals surface area contributed by atoms with Crippen molar-refractivity contribution in [1.29, 1.82) is 0 Å². The fourth-order valence-electron chi connectivity index (χ4n) is 4.40. The van der Waals surface area contributed by atoms with Gasteiger partial charge in [-0.05, 0) is 61.2 Å². The molecular formula is C24H23BrN6O. The molecule has 5 rings (SSSR count). The van der Waals surface area contributed by atoms with E-state index in [0.717, 1.165) is 57.4 Å². The molecular weight excluding hydrogens is 468 g/mol. The third-order valence-corrected chi connectivity index (χ3v) is 6.67. The van der Waals surface area contributed by atoms with Gasteiger partial charge >= 0.3 is 0 Å². The van der Waals surface area contributed by atoms with E-state index < -0.39 is 0 Å². The maximum absolute atomic E-state index is 9.87. The summed E-state index contributed by atoms with van der Waals surface area (Å²) in [5.41, 5.74) is 10.0. The lowest BCUT2D eigenvalue weighted by Gasteiger charge is -2.34. The zero-order valence-electron chi connectivity index (χ0n) is 17.7. The molecule has 0 bridgehead atoms. The Morgan fingerprint density at radius 1 is 1.12 bits per heavy atom. The van der Waals surface area contributed by atoms with Crippen LogP contribution in [0, 0.1) is 0 Å². The quantitative estimate of drug-likeness (QED) is 0.435. The van der Waals surface area contributed by atoms with Crippen LogP contribution in [0.5, 0.6) is 0 Å². The summed E-state index contributed by atoms with van der Waals surface area (Å²) < 4.78 is 0.973. The third-order valence-electron chi connectivity index (χ3n) is 6.18. The fourth-order valence-corrected chi connectivity index (χ4v) is 4.79. The number of halogens is 1. The second-order valence-corrected chi connectivity index (χ2v) is 9.25. The number of nitrogens with zero attached hydrogens (tertiary/aromatic N) is 5. The SMILES string of the molecule is CC1(CO)CCCN1c1ccc(-c2cc(-c3cccc(Br)c3)c3c(N)ncnc3n2)cn1. The van der Waals surface area contributed by atoms with Crippen LogP contribution < -0.4 is 10.6 Å². The van der Waals surface area contributed by atoms with Crippen molar-refractivity contribution in [3.8, 4) is 22.4 Å². The molecule has 3 N–H and O–H groups in total. The predicted molar refractivity (Wildman–Crippen MR) is 130 cm³/mol. The zero-order chi connectivity index (χ0) is 22.3. The molecule has 1 fully saturated rings. The van der Waals surface area contributed by atoms with Crippen LogP contribution in [0.1, 0.15) is 19.8 Å². The minimum absolute atomic E-state index is 0.111. The van der Waals surface area contributed by atoms with E-state index in [4.69, 9.17) is 15.7 Å². The van der Waals surface area contributed by atoms with E-state index >= 15 is 0 Å². The Morgan fingerprint density at radius 2 is 2.00 bits per heavy atom. The molecule has 0 radical (unpaired) electrons. The monoisotopic (exact) mass is 490 g/mol. The van der Waals surface area contributed by atoms with E-state index in [0.29, 0.717) is 11.5 Å². The van der Waals surface area contributed by atoms with Crippen LogP contribution in [0.2, 0.25) is 0 Å². The number of rotatable bonds is 4. The minimum Gasteiger partial charge on any atom is -0.394 e. The number of aliphatic hydroxyl groups excluding tert-OH is 1. The average molecular weight is 491 g/mol. The number of benzene rings is 1. The maximum Gasteiger partial charge on any atom is 0.165 e. The van der Waals surface area contributed by atoms with Gasteiger partial charge in [-0.25, -0.2) is 19.9 Å². The first-order valence-corrected chi connectivity index (χ1v) is 11.3. The Balaban J connectivity index is 1.61. The first-order chi connectivity index (χ1) is 15.5. The van der Waals surface area contributed by atoms with Crippen molar-refractivity contribution in [2.75, 3.05) is 23.8 Å². The van der Waals surface area contributed by atoms with Gasteiger partial charge in [0.25, 0.3) is 0 Å². The normalized spacial score (nSPS) is 18.4. The molecule has 1 aliphatic heterocycles. The first kappa shape index (κ1) is 20.8. The zero-order valence-corrected chi connectivity index (χ0v) is 19.2. The van der Waals surface area contributed by atoms with Gasteiger partial charge in [-0.3, -0.25) is 0 Å². The van der Waals surface area contributed by atoms with Crippen molar-refractivity contribution in [3.05, 3.63) is 59.5 Å². The Morgan fingerprint density at radius 3 is 2.75 bits per heavy atom. The molecule has 0 amide bonds. The number of anilines is 2. The van der Waals surface area contributed by atoms with Gasteiger partial charge in [0.1, 0.15) is 18.0 Å². The summed E-state index contributed by atoms with van der Waals surface area (Å²) >= 11 is 3.55. The van der Waals surface area contributed by atoms with Gasteiger partial charge in [0, 0.05) is 22.8 Å². The number of nitrogens with two attached hydrogens (primary N) is 1. The summed E-state index contributed by atoms with van der Waals surface area (Å²) in [7, 11) is 0. The van der Waals surface area contributed by atoms with Crippen LogP contribution in [0.15, 0.2) is 59.5 Å². The molecule has 7 nitrogen and oxygen atoms in total. The molecule has 0 spiro atoms. The molecule has 4 aromatic rings. The highest BCUT2D eigenvalue weighted by atomic mass is 79.9. The highest BCUT2D eigenvalue weighted by Crippen LogP contribution is 2.36. The van der Waals surface area contributed by atoms with Gasteiger partial charge in [-0.2, -0.15) is 0 Å². The first-order valence-electron chi connectivity index (χ1n) is 10.5. The number of hydrogen-bond acceptors (Lipinski definition) is 7. The van der Waals surface area contributed by atoms with Crippen molar-refractivity contribution in [2.45, 2.75) is 25.3 Å². The van der Waals surface area contributed by atoms with E-state index in [1.807, 2.05) is 48.7 Å². The van der Waals surface area contributed by atoms with E-state index in [9.17, 15) is 5.11 Å². The molecule has 32 heavy (non-hydrogen) atoms. The van der Waals surface area contributed by atoms with Crippen LogP contribution in [-0.2, 0) is 0 Å². The van der Waals surface area contributed by atoms with Crippen LogP contribution in [0.3, 0.4) is 0 Å². The Kier molecular flexibility index (Phi) is 5.27. The number of nitrogen functional groups attached to an aromatic ring is 1. The molecule has 1 aliphatic rings. The smallest absolute Gasteiger partial charge is 0.165 e. The summed E-state index contributed by atoms with van der Waals surface area (Å²) in [6.07, 6.45) is 5.26. The Bertz CT molecular complexity index is 1300. The van der Waals surface area contributed by atoms with E-state index in [2.05, 4.69) is 37.7 Å². The molecule has 1 aromatic carbocycles. The molecule has 1 saturated heterocycles. The van der Waals surface area contributed by atoms with Crippen molar-refractivity contribution >= 4 is 38.6 Å². The Hall–Kier alpha value is -3.10. The molecule has 0 aliphatic carbocycles. The number of pyridine rings is 2. The molecule has 8 heteroatoms. The van der Waals surface area contributed by atoms with Crippen molar-refractivity contribution < 1.29 is 5.11 Å². The largest absolute Gasteiger partial charge is 0.394 e. The lowest BCUT2D eigenvalue weighted by atomic mass is 10.00. The summed E-state index contributed by atoms with van der Waals surface area (Å²) in [5.74, 6) is 1.26. The highest BCUT2D eigenvalue weighted by molar-refractivity contribution is 9.10. The van der Waals surface area contributed by atoms with Crippen LogP contribution in [0.25, 0.3) is 33.4 Å². The van der Waals surface area contributed by atoms with Gasteiger partial charge in [0.05, 0.1) is 23.2 Å². The van der Waals surface area contributed by atoms with Crippen molar-refractivity contribution in [1.82, 2.24) is 19.9 Å². The van der Waals surface area contributed by atoms with Gasteiger partial charge in [0.2, 0.25) is 0 Å². The second-order valence-electron chi connectivity index (χ2n) is 8.34. The summed E-state index contributed by atoms with van der Waals surface area (Å²) in [6, 6.07) is 14.0. The van der Waals surface area contributed by atoms with Crippen molar-refractivity contribution in [2.24, 2.45) is 0 Å². The number of hydrogen-bond donors (Lipinski definition) is 2. The third kappa shape index (κ3) is 3.59. The molecule has 162 valence electrons. The van der Waals surface area contributed by atoms with Crippen LogP contribution in [0.4, 0.5) is 11.6 Å². The standard InChI is InChI=1S/C24H23BrN6O/c1-24(13-32)8-3-9-31(24)20-7-6-16(12-27-20)19-11-18(15-4-2-5-17(25)10-15)21-22(26)28-14-29-23(21)30-19/h2,4-7,10-12,14,32H,3,8-9,13H2,1H3,(H2,26,28,29,30). The molecule has 1 atom stereocenters. The lowest BCUT2D eigenvalue weighted by Crippen LogP contribution is -2.44. The number of fused-ring (bicyclic) bond motifs is 1. The molecule has 3 aromatic heterocycles. The van der Waals surface area contributed by atoms with Gasteiger partial charge < -0.3 is 15.7 Å². The molecule has 0 saturated carbocycles. The van der Waals surface area contributed by atoms with Gasteiger partial charge in [-0.15, -0.1) is 0 Å². The van der Waals surface area contributed by atoms with Crippen molar-refractivity contribution in [3.63, 3.8) is 0 Å². The summed E-state index contributed by atoms with van der Waals surface area (Å²) in [5, 5.41) is 10.6. The summed E-state index contributed by atoms with van der Waals surface area (Å²) in [6.45, 7) is 3.08. The van der Waals surface area contributed by atoms with Crippen LogP contribution >= 0.6 is 15.9 Å². The fraction of sp³-hybridized carbons (Fsp3) is 0.250. The van der Waals surface area contributed by atoms with Gasteiger partial charge in [0.15, 0.2) is 5.65 Å². The van der Waals surface area contributed by atoms with Gasteiger partial charge in [-0.1, -0.05) is 28.1 Å². The molecule has 1 unspecified atom stereocenters. The molecule has 4 heterocycles. The predicted octanol–water partition coefficient (Wildman–Crippen LogP) is 4.45. The minimum atomic E-state index is -0.266. The summed E-state index contributed by atoms with van der Waals surface area (Å²) in [4.78, 5) is 20.2. The number of aliphatic hydroxyl groups is 1. The maximum atomic E-state index is 9.87. The van der Waals surface area contributed by atoms with E-state index in [-0.39, 0.29) is 12.1 Å². The van der Waals surface area contributed by atoms with Crippen LogP contribution in [-0.4, -0.2) is 43.7 Å².